The van der Waals surface area contributed by atoms with Crippen molar-refractivity contribution in [2.24, 2.45) is 4.99 Å². The number of methoxy groups -OCH3 is 1. The predicted molar refractivity (Wildman–Crippen MR) is 138 cm³/mol. The number of hydrogen-bond acceptors (Lipinski definition) is 3. The number of carbonyl (C=O) groups is 1. The first kappa shape index (κ1) is 25.0. The van der Waals surface area contributed by atoms with Gasteiger partial charge in [-0.1, -0.05) is 35.9 Å². The van der Waals surface area contributed by atoms with Gasteiger partial charge in [-0.2, -0.15) is 0 Å². The molecule has 1 aliphatic heterocycles. The maximum Gasteiger partial charge on any atom is 0.227 e. The lowest BCUT2D eigenvalue weighted by atomic mass is 10.1. The zero-order valence-corrected chi connectivity index (χ0v) is 20.9. The van der Waals surface area contributed by atoms with Crippen LogP contribution < -0.4 is 20.3 Å². The van der Waals surface area contributed by atoms with Gasteiger partial charge in [0.1, 0.15) is 5.75 Å². The molecule has 1 heterocycles. The number of aliphatic imine (C=N–C) groups is 1. The van der Waals surface area contributed by atoms with E-state index in [1.165, 1.54) is 16.7 Å². The van der Waals surface area contributed by atoms with Crippen LogP contribution >= 0.6 is 24.0 Å². The first-order chi connectivity index (χ1) is 14.6. The molecule has 2 N–H and O–H groups in total. The summed E-state index contributed by atoms with van der Waals surface area (Å²) < 4.78 is 5.44. The molecule has 0 atom stereocenters. The number of nitrogens with zero attached hydrogens (tertiary/aromatic N) is 2. The van der Waals surface area contributed by atoms with E-state index in [1.54, 1.807) is 14.2 Å². The third-order valence-corrected chi connectivity index (χ3v) is 5.39. The molecule has 7 heteroatoms. The Balaban J connectivity index is 0.00000341. The summed E-state index contributed by atoms with van der Waals surface area (Å²) in [5.74, 6) is 1.85. The zero-order valence-electron chi connectivity index (χ0n) is 18.6. The van der Waals surface area contributed by atoms with Gasteiger partial charge in [0.25, 0.3) is 0 Å². The summed E-state index contributed by atoms with van der Waals surface area (Å²) in [6.45, 7) is 4.33. The van der Waals surface area contributed by atoms with Gasteiger partial charge in [-0.15, -0.1) is 24.0 Å². The lowest BCUT2D eigenvalue weighted by Gasteiger charge is -2.17. The minimum atomic E-state index is 0. The summed E-state index contributed by atoms with van der Waals surface area (Å²) in [7, 11) is 3.46. The molecule has 0 saturated heterocycles. The minimum Gasteiger partial charge on any atom is -0.496 e. The number of ether oxygens (including phenoxy) is 1. The molecule has 0 spiro atoms. The average Bonchev–Trinajstić information content (AvgIpc) is 3.19. The van der Waals surface area contributed by atoms with Crippen molar-refractivity contribution in [2.45, 2.75) is 32.6 Å². The smallest absolute Gasteiger partial charge is 0.227 e. The Kier molecular flexibility index (Phi) is 10.1. The van der Waals surface area contributed by atoms with E-state index >= 15 is 0 Å². The molecular weight excluding hydrogens is 503 g/mol. The average molecular weight is 536 g/mol. The minimum absolute atomic E-state index is 0. The molecule has 0 saturated carbocycles. The fourth-order valence-electron chi connectivity index (χ4n) is 3.82. The molecule has 1 aliphatic rings. The predicted octanol–water partition coefficient (Wildman–Crippen LogP) is 3.70. The fraction of sp³-hybridized carbons (Fsp3) is 0.417. The van der Waals surface area contributed by atoms with Crippen molar-refractivity contribution in [1.29, 1.82) is 0 Å². The van der Waals surface area contributed by atoms with Crippen LogP contribution in [0.15, 0.2) is 47.5 Å². The van der Waals surface area contributed by atoms with E-state index in [4.69, 9.17) is 4.74 Å². The Morgan fingerprint density at radius 2 is 1.94 bits per heavy atom. The lowest BCUT2D eigenvalue weighted by Crippen LogP contribution is -2.39. The molecule has 0 aromatic heterocycles. The van der Waals surface area contributed by atoms with Crippen molar-refractivity contribution in [2.75, 3.05) is 38.7 Å². The molecule has 0 fully saturated rings. The third-order valence-electron chi connectivity index (χ3n) is 5.39. The van der Waals surface area contributed by atoms with Crippen LogP contribution in [0.5, 0.6) is 5.75 Å². The van der Waals surface area contributed by atoms with Crippen LogP contribution in [0.1, 0.15) is 29.5 Å². The summed E-state index contributed by atoms with van der Waals surface area (Å²) in [5, 5.41) is 6.63. The van der Waals surface area contributed by atoms with Gasteiger partial charge in [0.05, 0.1) is 7.11 Å². The number of guanidine groups is 1. The molecule has 3 rings (SSSR count). The number of hydrogen-bond donors (Lipinski definition) is 2. The van der Waals surface area contributed by atoms with E-state index in [0.717, 1.165) is 49.7 Å². The summed E-state index contributed by atoms with van der Waals surface area (Å²) in [6.07, 6.45) is 3.09. The Morgan fingerprint density at radius 1 is 1.16 bits per heavy atom. The number of rotatable bonds is 8. The van der Waals surface area contributed by atoms with Crippen molar-refractivity contribution >= 4 is 41.5 Å². The summed E-state index contributed by atoms with van der Waals surface area (Å²) >= 11 is 0. The van der Waals surface area contributed by atoms with Crippen LogP contribution in [0.4, 0.5) is 5.69 Å². The zero-order chi connectivity index (χ0) is 21.3. The van der Waals surface area contributed by atoms with Crippen LogP contribution in [-0.2, 0) is 17.6 Å². The fourth-order valence-corrected chi connectivity index (χ4v) is 3.82. The second kappa shape index (κ2) is 12.5. The van der Waals surface area contributed by atoms with Gasteiger partial charge in [-0.3, -0.25) is 9.79 Å². The molecular formula is C24H33IN4O2. The standard InChI is InChI=1S/C24H32N4O2.HI/c1-18-10-11-22(30-3)20(17-18)12-15-27-24(25-2)26-14-6-9-23(29)28-16-13-19-7-4-5-8-21(19)28;/h4-5,7-8,10-11,17H,6,9,12-16H2,1-3H3,(H2,25,26,27);1H. The molecule has 0 radical (unpaired) electrons. The number of anilines is 1. The number of nitrogens with one attached hydrogen (secondary N) is 2. The summed E-state index contributed by atoms with van der Waals surface area (Å²) in [4.78, 5) is 18.8. The van der Waals surface area contributed by atoms with Crippen LogP contribution in [0, 0.1) is 6.92 Å². The van der Waals surface area contributed by atoms with Gasteiger partial charge in [0.2, 0.25) is 5.91 Å². The van der Waals surface area contributed by atoms with Gasteiger partial charge in [-0.25, -0.2) is 0 Å². The van der Waals surface area contributed by atoms with Crippen LogP contribution in [-0.4, -0.2) is 45.7 Å². The normalized spacial score (nSPS) is 12.7. The second-order valence-corrected chi connectivity index (χ2v) is 7.52. The number of fused-ring (bicyclic) bond motifs is 1. The quantitative estimate of drug-likeness (QED) is 0.234. The van der Waals surface area contributed by atoms with Gasteiger partial charge >= 0.3 is 0 Å². The van der Waals surface area contributed by atoms with Crippen LogP contribution in [0.25, 0.3) is 0 Å². The Labute approximate surface area is 202 Å². The number of halogens is 1. The largest absolute Gasteiger partial charge is 0.496 e. The summed E-state index contributed by atoms with van der Waals surface area (Å²) in [6, 6.07) is 14.4. The van der Waals surface area contributed by atoms with Gasteiger partial charge in [0.15, 0.2) is 5.96 Å². The molecule has 2 aromatic rings. The van der Waals surface area contributed by atoms with Crippen molar-refractivity contribution in [3.63, 3.8) is 0 Å². The maximum atomic E-state index is 12.6. The number of para-hydroxylation sites is 1. The summed E-state index contributed by atoms with van der Waals surface area (Å²) in [5.41, 5.74) is 4.73. The van der Waals surface area contributed by atoms with Crippen molar-refractivity contribution in [1.82, 2.24) is 10.6 Å². The first-order valence-corrected chi connectivity index (χ1v) is 10.6. The lowest BCUT2D eigenvalue weighted by molar-refractivity contribution is -0.118. The highest BCUT2D eigenvalue weighted by atomic mass is 127. The van der Waals surface area contributed by atoms with Crippen molar-refractivity contribution in [3.05, 3.63) is 59.2 Å². The Morgan fingerprint density at radius 3 is 2.71 bits per heavy atom. The third kappa shape index (κ3) is 6.85. The van der Waals surface area contributed by atoms with Gasteiger partial charge in [0, 0.05) is 38.8 Å². The van der Waals surface area contributed by atoms with Crippen LogP contribution in [0.3, 0.4) is 0 Å². The molecule has 31 heavy (non-hydrogen) atoms. The molecule has 2 aromatic carbocycles. The molecule has 168 valence electrons. The van der Waals surface area contributed by atoms with E-state index in [-0.39, 0.29) is 29.9 Å². The topological polar surface area (TPSA) is 66.0 Å². The maximum absolute atomic E-state index is 12.6. The van der Waals surface area contributed by atoms with E-state index in [0.29, 0.717) is 13.0 Å². The molecule has 6 nitrogen and oxygen atoms in total. The van der Waals surface area contributed by atoms with E-state index in [2.05, 4.69) is 40.7 Å². The van der Waals surface area contributed by atoms with Crippen molar-refractivity contribution in [3.8, 4) is 5.75 Å². The SMILES string of the molecule is CN=C(NCCCC(=O)N1CCc2ccccc21)NCCc1cc(C)ccc1OC.I. The monoisotopic (exact) mass is 536 g/mol. The van der Waals surface area contributed by atoms with E-state index in [1.807, 2.05) is 29.2 Å². The number of carbonyl (C=O) groups excluding carboxylic acids is 1. The highest BCUT2D eigenvalue weighted by Crippen LogP contribution is 2.28. The molecule has 0 bridgehead atoms. The van der Waals surface area contributed by atoms with Crippen molar-refractivity contribution < 1.29 is 9.53 Å². The Bertz CT molecular complexity index is 901. The first-order valence-electron chi connectivity index (χ1n) is 10.6. The number of amides is 1. The molecule has 0 unspecified atom stereocenters. The van der Waals surface area contributed by atoms with E-state index in [9.17, 15) is 4.79 Å². The highest BCUT2D eigenvalue weighted by molar-refractivity contribution is 14.0. The highest BCUT2D eigenvalue weighted by Gasteiger charge is 2.23. The van der Waals surface area contributed by atoms with Crippen LogP contribution in [0.2, 0.25) is 0 Å². The second-order valence-electron chi connectivity index (χ2n) is 7.52. The van der Waals surface area contributed by atoms with E-state index < -0.39 is 0 Å². The van der Waals surface area contributed by atoms with Gasteiger partial charge < -0.3 is 20.3 Å². The number of aryl methyl sites for hydroxylation is 1. The Hall–Kier alpha value is -2.29. The molecule has 0 aliphatic carbocycles. The molecule has 1 amide bonds. The number of benzene rings is 2. The van der Waals surface area contributed by atoms with Gasteiger partial charge in [-0.05, 0) is 49.4 Å².